The van der Waals surface area contributed by atoms with Crippen LogP contribution in [0.15, 0.2) is 30.5 Å². The van der Waals surface area contributed by atoms with Crippen molar-refractivity contribution in [2.75, 3.05) is 31.1 Å². The fourth-order valence-electron chi connectivity index (χ4n) is 2.45. The highest BCUT2D eigenvalue weighted by molar-refractivity contribution is 7.15. The summed E-state index contributed by atoms with van der Waals surface area (Å²) >= 11 is 0.591. The highest BCUT2D eigenvalue weighted by Gasteiger charge is 2.34. The van der Waals surface area contributed by atoms with Gasteiger partial charge >= 0.3 is 6.18 Å². The number of carbonyl (C=O) groups is 1. The number of alkyl halides is 3. The van der Waals surface area contributed by atoms with Crippen LogP contribution in [-0.2, 0) is 6.18 Å². The van der Waals surface area contributed by atoms with Crippen LogP contribution < -0.4 is 4.90 Å². The Bertz CT molecular complexity index is 738. The Kier molecular flexibility index (Phi) is 4.44. The quantitative estimate of drug-likeness (QED) is 0.773. The Morgan fingerprint density at radius 3 is 2.46 bits per heavy atom. The Morgan fingerprint density at radius 2 is 1.88 bits per heavy atom. The van der Waals surface area contributed by atoms with Crippen LogP contribution in [0.5, 0.6) is 0 Å². The topological polar surface area (TPSA) is 36.4 Å². The van der Waals surface area contributed by atoms with Crippen molar-refractivity contribution in [2.24, 2.45) is 0 Å². The summed E-state index contributed by atoms with van der Waals surface area (Å²) in [4.78, 5) is 18.7. The number of piperazine rings is 1. The molecule has 1 aromatic heterocycles. The third kappa shape index (κ3) is 3.50. The number of rotatable bonds is 2. The van der Waals surface area contributed by atoms with Gasteiger partial charge in [0.05, 0.1) is 6.20 Å². The van der Waals surface area contributed by atoms with Gasteiger partial charge in [-0.25, -0.2) is 9.37 Å². The summed E-state index contributed by atoms with van der Waals surface area (Å²) in [5.41, 5.74) is 0.261. The highest BCUT2D eigenvalue weighted by atomic mass is 32.1. The van der Waals surface area contributed by atoms with Crippen molar-refractivity contribution in [3.8, 4) is 0 Å². The first kappa shape index (κ1) is 16.7. The lowest BCUT2D eigenvalue weighted by molar-refractivity contribution is -0.134. The van der Waals surface area contributed by atoms with E-state index in [9.17, 15) is 22.4 Å². The second-order valence-corrected chi connectivity index (χ2v) is 6.30. The van der Waals surface area contributed by atoms with E-state index < -0.39 is 16.9 Å². The molecule has 1 amide bonds. The van der Waals surface area contributed by atoms with Crippen LogP contribution in [0, 0.1) is 5.82 Å². The summed E-state index contributed by atoms with van der Waals surface area (Å²) in [5, 5.41) is 0.292. The Hall–Kier alpha value is -2.16. The number of carbonyl (C=O) groups excluding carboxylic acids is 1. The van der Waals surface area contributed by atoms with Gasteiger partial charge in [-0.15, -0.1) is 0 Å². The Labute approximate surface area is 139 Å². The zero-order chi connectivity index (χ0) is 17.3. The molecule has 2 heterocycles. The minimum Gasteiger partial charge on any atom is -0.345 e. The molecule has 0 aliphatic carbocycles. The van der Waals surface area contributed by atoms with Gasteiger partial charge in [0.1, 0.15) is 10.7 Å². The van der Waals surface area contributed by atoms with Crippen LogP contribution in [-0.4, -0.2) is 42.0 Å². The van der Waals surface area contributed by atoms with Gasteiger partial charge in [-0.1, -0.05) is 17.4 Å². The lowest BCUT2D eigenvalue weighted by atomic mass is 10.2. The van der Waals surface area contributed by atoms with Crippen LogP contribution in [0.2, 0.25) is 0 Å². The molecule has 1 aliphatic heterocycles. The van der Waals surface area contributed by atoms with E-state index in [1.807, 2.05) is 0 Å². The molecule has 9 heteroatoms. The summed E-state index contributed by atoms with van der Waals surface area (Å²) < 4.78 is 51.1. The summed E-state index contributed by atoms with van der Waals surface area (Å²) in [6.07, 6.45) is -3.57. The van der Waals surface area contributed by atoms with Crippen LogP contribution in [0.4, 0.5) is 22.7 Å². The molecule has 4 nitrogen and oxygen atoms in total. The number of hydrogen-bond donors (Lipinski definition) is 0. The zero-order valence-corrected chi connectivity index (χ0v) is 13.2. The minimum atomic E-state index is -4.40. The first-order chi connectivity index (χ1) is 11.3. The number of thiazole rings is 1. The molecule has 1 aromatic carbocycles. The van der Waals surface area contributed by atoms with E-state index in [0.29, 0.717) is 42.6 Å². The van der Waals surface area contributed by atoms with Crippen molar-refractivity contribution in [1.29, 1.82) is 0 Å². The number of benzene rings is 1. The predicted molar refractivity (Wildman–Crippen MR) is 81.6 cm³/mol. The van der Waals surface area contributed by atoms with E-state index in [1.165, 1.54) is 24.3 Å². The van der Waals surface area contributed by atoms with E-state index >= 15 is 0 Å². The molecule has 2 aromatic rings. The normalized spacial score (nSPS) is 15.7. The van der Waals surface area contributed by atoms with Crippen molar-refractivity contribution in [3.05, 3.63) is 46.7 Å². The van der Waals surface area contributed by atoms with Crippen LogP contribution in [0.1, 0.15) is 15.2 Å². The fraction of sp³-hybridized carbons (Fsp3) is 0.333. The first-order valence-electron chi connectivity index (χ1n) is 7.17. The van der Waals surface area contributed by atoms with Crippen molar-refractivity contribution in [1.82, 2.24) is 9.88 Å². The van der Waals surface area contributed by atoms with E-state index in [4.69, 9.17) is 0 Å². The second kappa shape index (κ2) is 6.39. The van der Waals surface area contributed by atoms with E-state index in [0.717, 1.165) is 6.20 Å². The number of aromatic nitrogens is 1. The third-order valence-electron chi connectivity index (χ3n) is 3.68. The maximum atomic E-state index is 13.2. The average Bonchev–Trinajstić information content (AvgIpc) is 3.04. The monoisotopic (exact) mass is 359 g/mol. The van der Waals surface area contributed by atoms with Crippen molar-refractivity contribution >= 4 is 22.4 Å². The molecule has 1 fully saturated rings. The number of halogens is 4. The molecule has 0 N–H and O–H groups in total. The highest BCUT2D eigenvalue weighted by Crippen LogP contribution is 2.36. The first-order valence-corrected chi connectivity index (χ1v) is 7.99. The number of anilines is 1. The van der Waals surface area contributed by atoms with Gasteiger partial charge in [0, 0.05) is 31.7 Å². The van der Waals surface area contributed by atoms with Crippen LogP contribution >= 0.6 is 11.3 Å². The molecular weight excluding hydrogens is 346 g/mol. The van der Waals surface area contributed by atoms with Crippen LogP contribution in [0.25, 0.3) is 0 Å². The molecule has 0 radical (unpaired) electrons. The number of amides is 1. The van der Waals surface area contributed by atoms with E-state index in [1.54, 1.807) is 9.80 Å². The molecule has 0 bridgehead atoms. The molecule has 24 heavy (non-hydrogen) atoms. The molecule has 128 valence electrons. The van der Waals surface area contributed by atoms with Crippen molar-refractivity contribution in [2.45, 2.75) is 6.18 Å². The third-order valence-corrected chi connectivity index (χ3v) is 4.78. The lowest BCUT2D eigenvalue weighted by Crippen LogP contribution is -2.48. The largest absolute Gasteiger partial charge is 0.427 e. The lowest BCUT2D eigenvalue weighted by Gasteiger charge is -2.34. The van der Waals surface area contributed by atoms with Crippen molar-refractivity contribution in [3.63, 3.8) is 0 Å². The van der Waals surface area contributed by atoms with E-state index in [-0.39, 0.29) is 11.5 Å². The Balaban J connectivity index is 1.63. The van der Waals surface area contributed by atoms with Gasteiger partial charge in [0.2, 0.25) is 0 Å². The zero-order valence-electron chi connectivity index (χ0n) is 12.4. The number of nitrogens with zero attached hydrogens (tertiary/aromatic N) is 3. The van der Waals surface area contributed by atoms with Gasteiger partial charge in [-0.3, -0.25) is 4.79 Å². The summed E-state index contributed by atoms with van der Waals surface area (Å²) in [7, 11) is 0. The minimum absolute atomic E-state index is 0.261. The van der Waals surface area contributed by atoms with Gasteiger partial charge in [-0.2, -0.15) is 13.2 Å². The van der Waals surface area contributed by atoms with Gasteiger partial charge in [0.25, 0.3) is 5.91 Å². The van der Waals surface area contributed by atoms with E-state index in [2.05, 4.69) is 4.98 Å². The molecule has 1 aliphatic rings. The van der Waals surface area contributed by atoms with Crippen LogP contribution in [0.3, 0.4) is 0 Å². The van der Waals surface area contributed by atoms with Gasteiger partial charge < -0.3 is 9.80 Å². The van der Waals surface area contributed by atoms with Crippen molar-refractivity contribution < 1.29 is 22.4 Å². The maximum absolute atomic E-state index is 13.2. The van der Waals surface area contributed by atoms with Gasteiger partial charge in [0.15, 0.2) is 5.13 Å². The smallest absolute Gasteiger partial charge is 0.345 e. The molecule has 0 saturated carbocycles. The van der Waals surface area contributed by atoms with Gasteiger partial charge in [-0.05, 0) is 18.2 Å². The second-order valence-electron chi connectivity index (χ2n) is 5.29. The molecule has 0 spiro atoms. The number of hydrogen-bond acceptors (Lipinski definition) is 4. The molecular formula is C15H13F4N3OS. The molecule has 3 rings (SSSR count). The summed E-state index contributed by atoms with van der Waals surface area (Å²) in [6, 6.07) is 5.43. The molecule has 0 atom stereocenters. The summed E-state index contributed by atoms with van der Waals surface area (Å²) in [5.74, 6) is -0.772. The fourth-order valence-corrected chi connectivity index (χ4v) is 3.28. The maximum Gasteiger partial charge on any atom is 0.427 e. The predicted octanol–water partition coefficient (Wildman–Crippen LogP) is 3.26. The Morgan fingerprint density at radius 1 is 1.17 bits per heavy atom. The average molecular weight is 359 g/mol. The standard InChI is InChI=1S/C15H13F4N3OS/c16-11-3-1-2-10(8-11)13(23)21-4-6-22(7-5-21)14-20-9-12(24-14)15(17,18)19/h1-3,8-9H,4-7H2. The summed E-state index contributed by atoms with van der Waals surface area (Å²) in [6.45, 7) is 1.45. The molecule has 0 unspecified atom stereocenters. The molecule has 1 saturated heterocycles. The SMILES string of the molecule is O=C(c1cccc(F)c1)N1CCN(c2ncc(C(F)(F)F)s2)CC1.